The molecule has 16 heavy (non-hydrogen) atoms. The van der Waals surface area contributed by atoms with Crippen molar-refractivity contribution >= 4 is 8.32 Å². The Morgan fingerprint density at radius 1 is 1.19 bits per heavy atom. The van der Waals surface area contributed by atoms with Gasteiger partial charge in [-0.2, -0.15) is 0 Å². The maximum Gasteiger partial charge on any atom is 0.191 e. The molecule has 3 heteroatoms. The summed E-state index contributed by atoms with van der Waals surface area (Å²) in [5.74, 6) is 0.619. The summed E-state index contributed by atoms with van der Waals surface area (Å²) in [6.45, 7) is 14.8. The Labute approximate surface area is 103 Å². The van der Waals surface area contributed by atoms with E-state index in [0.29, 0.717) is 17.6 Å². The molecule has 0 aromatic carbocycles. The summed E-state index contributed by atoms with van der Waals surface area (Å²) in [4.78, 5) is 0. The molecular weight excluding hydrogens is 216 g/mol. The van der Waals surface area contributed by atoms with E-state index in [1.54, 1.807) is 0 Å². The van der Waals surface area contributed by atoms with Crippen molar-refractivity contribution in [2.24, 2.45) is 5.92 Å². The monoisotopic (exact) mass is 246 g/mol. The van der Waals surface area contributed by atoms with Gasteiger partial charge in [-0.1, -0.05) is 27.7 Å². The van der Waals surface area contributed by atoms with Crippen molar-refractivity contribution in [3.63, 3.8) is 0 Å². The standard InChI is InChI=1S/C13H30O2Si/c1-12(9-10-14)8-7-11-15-16(5,6)13(2,3)4/h12,14H,7-11H2,1-6H3. The molecule has 0 fully saturated rings. The minimum absolute atomic E-state index is 0.309. The molecule has 98 valence electrons. The van der Waals surface area contributed by atoms with Crippen molar-refractivity contribution in [2.45, 2.75) is 65.1 Å². The Kier molecular flexibility index (Phi) is 6.83. The van der Waals surface area contributed by atoms with Crippen molar-refractivity contribution in [1.29, 1.82) is 0 Å². The van der Waals surface area contributed by atoms with E-state index in [1.165, 1.54) is 0 Å². The van der Waals surface area contributed by atoms with Crippen molar-refractivity contribution < 1.29 is 9.53 Å². The molecule has 0 saturated heterocycles. The molecule has 2 nitrogen and oxygen atoms in total. The first-order valence-electron chi connectivity index (χ1n) is 6.45. The second kappa shape index (κ2) is 6.77. The zero-order chi connectivity index (χ0) is 12.8. The fourth-order valence-corrected chi connectivity index (χ4v) is 2.43. The van der Waals surface area contributed by atoms with Crippen LogP contribution < -0.4 is 0 Å². The van der Waals surface area contributed by atoms with E-state index in [0.717, 1.165) is 25.9 Å². The molecule has 0 amide bonds. The molecule has 1 N–H and O–H groups in total. The molecule has 0 spiro atoms. The van der Waals surface area contributed by atoms with Crippen LogP contribution in [0.5, 0.6) is 0 Å². The zero-order valence-electron chi connectivity index (χ0n) is 12.0. The summed E-state index contributed by atoms with van der Waals surface area (Å²) in [5, 5.41) is 9.11. The fraction of sp³-hybridized carbons (Fsp3) is 1.00. The van der Waals surface area contributed by atoms with Crippen molar-refractivity contribution in [3.05, 3.63) is 0 Å². The van der Waals surface area contributed by atoms with Gasteiger partial charge in [-0.05, 0) is 43.3 Å². The lowest BCUT2D eigenvalue weighted by atomic mass is 10.0. The molecule has 0 aliphatic heterocycles. The first-order valence-corrected chi connectivity index (χ1v) is 9.36. The first-order chi connectivity index (χ1) is 7.20. The largest absolute Gasteiger partial charge is 0.417 e. The maximum absolute atomic E-state index is 8.80. The molecule has 0 heterocycles. The minimum Gasteiger partial charge on any atom is -0.417 e. The number of rotatable bonds is 7. The first kappa shape index (κ1) is 16.1. The van der Waals surface area contributed by atoms with Gasteiger partial charge in [0, 0.05) is 13.2 Å². The van der Waals surface area contributed by atoms with Crippen molar-refractivity contribution in [3.8, 4) is 0 Å². The Morgan fingerprint density at radius 3 is 2.19 bits per heavy atom. The smallest absolute Gasteiger partial charge is 0.191 e. The molecule has 0 aromatic heterocycles. The third kappa shape index (κ3) is 6.02. The maximum atomic E-state index is 8.80. The van der Waals surface area contributed by atoms with Crippen molar-refractivity contribution in [2.75, 3.05) is 13.2 Å². The molecule has 0 aromatic rings. The molecule has 0 saturated carbocycles. The second-order valence-electron chi connectivity index (χ2n) is 6.37. The molecule has 0 aliphatic rings. The Morgan fingerprint density at radius 2 is 1.75 bits per heavy atom. The van der Waals surface area contributed by atoms with Gasteiger partial charge in [0.25, 0.3) is 0 Å². The molecule has 1 atom stereocenters. The van der Waals surface area contributed by atoms with Crippen molar-refractivity contribution in [1.82, 2.24) is 0 Å². The molecular formula is C13H30O2Si. The van der Waals surface area contributed by atoms with Crippen LogP contribution in [-0.4, -0.2) is 26.6 Å². The van der Waals surface area contributed by atoms with Crippen LogP contribution in [0.1, 0.15) is 47.0 Å². The quantitative estimate of drug-likeness (QED) is 0.547. The SMILES string of the molecule is CC(CCO)CCCO[Si](C)(C)C(C)(C)C. The minimum atomic E-state index is -1.54. The van der Waals surface area contributed by atoms with Gasteiger partial charge in [0.05, 0.1) is 0 Å². The molecule has 1 unspecified atom stereocenters. The van der Waals surface area contributed by atoms with E-state index < -0.39 is 8.32 Å². The van der Waals surface area contributed by atoms with E-state index in [-0.39, 0.29) is 0 Å². The topological polar surface area (TPSA) is 29.5 Å². The molecule has 0 bridgehead atoms. The predicted octanol–water partition coefficient (Wildman–Crippen LogP) is 3.81. The van der Waals surface area contributed by atoms with Gasteiger partial charge in [0.1, 0.15) is 0 Å². The van der Waals surface area contributed by atoms with Crippen LogP contribution in [0.4, 0.5) is 0 Å². The molecule has 0 radical (unpaired) electrons. The third-order valence-corrected chi connectivity index (χ3v) is 8.27. The lowest BCUT2D eigenvalue weighted by Gasteiger charge is -2.36. The highest BCUT2D eigenvalue weighted by atomic mass is 28.4. The Bertz CT molecular complexity index is 185. The van der Waals surface area contributed by atoms with Gasteiger partial charge in [-0.25, -0.2) is 0 Å². The third-order valence-electron chi connectivity index (χ3n) is 3.73. The summed E-state index contributed by atoms with van der Waals surface area (Å²) in [5.41, 5.74) is 0. The van der Waals surface area contributed by atoms with Crippen LogP contribution in [0.15, 0.2) is 0 Å². The van der Waals surface area contributed by atoms with Gasteiger partial charge in [0.15, 0.2) is 8.32 Å². The van der Waals surface area contributed by atoms with E-state index in [1.807, 2.05) is 0 Å². The Balaban J connectivity index is 3.74. The van der Waals surface area contributed by atoms with E-state index in [9.17, 15) is 0 Å². The number of aliphatic hydroxyl groups is 1. The normalized spacial score (nSPS) is 15.2. The van der Waals surface area contributed by atoms with Gasteiger partial charge < -0.3 is 9.53 Å². The van der Waals surface area contributed by atoms with Crippen LogP contribution >= 0.6 is 0 Å². The highest BCUT2D eigenvalue weighted by molar-refractivity contribution is 6.74. The van der Waals surface area contributed by atoms with E-state index in [4.69, 9.17) is 9.53 Å². The van der Waals surface area contributed by atoms with E-state index in [2.05, 4.69) is 40.8 Å². The van der Waals surface area contributed by atoms with E-state index >= 15 is 0 Å². The summed E-state index contributed by atoms with van der Waals surface area (Å²) >= 11 is 0. The van der Waals surface area contributed by atoms with Gasteiger partial charge >= 0.3 is 0 Å². The molecule has 0 aliphatic carbocycles. The lowest BCUT2D eigenvalue weighted by molar-refractivity contribution is 0.239. The average molecular weight is 246 g/mol. The summed E-state index contributed by atoms with van der Waals surface area (Å²) in [6.07, 6.45) is 3.20. The van der Waals surface area contributed by atoms with Crippen LogP contribution in [0.25, 0.3) is 0 Å². The summed E-state index contributed by atoms with van der Waals surface area (Å²) in [7, 11) is -1.54. The fourth-order valence-electron chi connectivity index (χ4n) is 1.34. The number of aliphatic hydroxyl groups excluding tert-OH is 1. The Hall–Kier alpha value is 0.137. The van der Waals surface area contributed by atoms with Crippen LogP contribution in [-0.2, 0) is 4.43 Å². The average Bonchev–Trinajstić information content (AvgIpc) is 2.11. The highest BCUT2D eigenvalue weighted by Crippen LogP contribution is 2.36. The van der Waals surface area contributed by atoms with Crippen LogP contribution in [0, 0.1) is 5.92 Å². The van der Waals surface area contributed by atoms with Gasteiger partial charge in [-0.3, -0.25) is 0 Å². The molecule has 0 rings (SSSR count). The van der Waals surface area contributed by atoms with Crippen LogP contribution in [0.3, 0.4) is 0 Å². The number of hydrogen-bond acceptors (Lipinski definition) is 2. The zero-order valence-corrected chi connectivity index (χ0v) is 13.0. The lowest BCUT2D eigenvalue weighted by Crippen LogP contribution is -2.41. The summed E-state index contributed by atoms with van der Waals surface area (Å²) in [6, 6.07) is 0. The van der Waals surface area contributed by atoms with Crippen LogP contribution in [0.2, 0.25) is 18.1 Å². The van der Waals surface area contributed by atoms with Gasteiger partial charge in [-0.15, -0.1) is 0 Å². The predicted molar refractivity (Wildman–Crippen MR) is 73.2 cm³/mol. The summed E-state index contributed by atoms with van der Waals surface area (Å²) < 4.78 is 6.10. The second-order valence-corrected chi connectivity index (χ2v) is 11.2. The van der Waals surface area contributed by atoms with Gasteiger partial charge in [0.2, 0.25) is 0 Å². The highest BCUT2D eigenvalue weighted by Gasteiger charge is 2.36. The number of hydrogen-bond donors (Lipinski definition) is 1.